The largest absolute Gasteiger partial charge is 0.387 e. The molecule has 1 heterocycles. The van der Waals surface area contributed by atoms with Crippen LogP contribution in [0.2, 0.25) is 10.0 Å². The van der Waals surface area contributed by atoms with Crippen molar-refractivity contribution in [2.45, 2.75) is 12.6 Å². The number of aliphatic hydroxyl groups is 1. The molecule has 1 atom stereocenters. The number of halogens is 2. The number of rotatable bonds is 5. The molecule has 0 spiro atoms. The molecule has 2 aromatic rings. The van der Waals surface area contributed by atoms with Gasteiger partial charge in [-0.2, -0.15) is 5.10 Å². The number of aromatic nitrogens is 2. The lowest BCUT2D eigenvalue weighted by atomic mass is 10.1. The zero-order chi connectivity index (χ0) is 14.5. The van der Waals surface area contributed by atoms with E-state index in [2.05, 4.69) is 10.4 Å². The van der Waals surface area contributed by atoms with Crippen LogP contribution >= 0.6 is 23.2 Å². The first-order valence-electron chi connectivity index (χ1n) is 5.93. The van der Waals surface area contributed by atoms with E-state index in [1.807, 2.05) is 0 Å². The molecule has 0 aliphatic heterocycles. The average molecular weight is 314 g/mol. The van der Waals surface area contributed by atoms with Crippen LogP contribution in [-0.2, 0) is 11.3 Å². The Morgan fingerprint density at radius 2 is 2.05 bits per heavy atom. The molecule has 0 unspecified atom stereocenters. The molecule has 20 heavy (non-hydrogen) atoms. The molecular weight excluding hydrogens is 301 g/mol. The summed E-state index contributed by atoms with van der Waals surface area (Å²) in [7, 11) is 0. The Bertz CT molecular complexity index is 567. The van der Waals surface area contributed by atoms with Gasteiger partial charge in [0.05, 0.1) is 6.10 Å². The van der Waals surface area contributed by atoms with Crippen LogP contribution < -0.4 is 5.32 Å². The molecule has 2 N–H and O–H groups in total. The van der Waals surface area contributed by atoms with Gasteiger partial charge in [0, 0.05) is 29.0 Å². The highest BCUT2D eigenvalue weighted by Crippen LogP contribution is 2.23. The quantitative estimate of drug-likeness (QED) is 0.887. The summed E-state index contributed by atoms with van der Waals surface area (Å²) in [4.78, 5) is 11.6. The molecule has 0 aliphatic carbocycles. The van der Waals surface area contributed by atoms with E-state index in [1.54, 1.807) is 36.7 Å². The third-order valence-electron chi connectivity index (χ3n) is 2.63. The van der Waals surface area contributed by atoms with Crippen LogP contribution in [0.15, 0.2) is 36.7 Å². The Labute approximate surface area is 126 Å². The second-order valence-electron chi connectivity index (χ2n) is 4.23. The number of nitrogens with one attached hydrogen (secondary N) is 1. The van der Waals surface area contributed by atoms with Gasteiger partial charge in [-0.05, 0) is 29.8 Å². The fraction of sp³-hybridized carbons (Fsp3) is 0.231. The van der Waals surface area contributed by atoms with E-state index in [9.17, 15) is 9.90 Å². The fourth-order valence-corrected chi connectivity index (χ4v) is 2.24. The lowest BCUT2D eigenvalue weighted by Gasteiger charge is -2.13. The van der Waals surface area contributed by atoms with Crippen LogP contribution in [0, 0.1) is 0 Å². The molecule has 1 aromatic heterocycles. The van der Waals surface area contributed by atoms with E-state index >= 15 is 0 Å². The van der Waals surface area contributed by atoms with E-state index < -0.39 is 6.10 Å². The smallest absolute Gasteiger partial charge is 0.241 e. The molecule has 5 nitrogen and oxygen atoms in total. The first-order valence-corrected chi connectivity index (χ1v) is 6.68. The number of hydrogen-bond donors (Lipinski definition) is 2. The summed E-state index contributed by atoms with van der Waals surface area (Å²) >= 11 is 11.7. The van der Waals surface area contributed by atoms with Crippen molar-refractivity contribution < 1.29 is 9.90 Å². The van der Waals surface area contributed by atoms with Crippen molar-refractivity contribution in [3.63, 3.8) is 0 Å². The molecular formula is C13H13Cl2N3O2. The average Bonchev–Trinajstić information content (AvgIpc) is 2.87. The number of nitrogens with zero attached hydrogens (tertiary/aromatic N) is 2. The van der Waals surface area contributed by atoms with Crippen LogP contribution in [0.1, 0.15) is 11.7 Å². The van der Waals surface area contributed by atoms with Gasteiger partial charge in [0.2, 0.25) is 5.91 Å². The maximum Gasteiger partial charge on any atom is 0.241 e. The lowest BCUT2D eigenvalue weighted by Crippen LogP contribution is -2.31. The van der Waals surface area contributed by atoms with Gasteiger partial charge in [-0.25, -0.2) is 0 Å². The molecule has 7 heteroatoms. The van der Waals surface area contributed by atoms with Crippen molar-refractivity contribution >= 4 is 29.1 Å². The van der Waals surface area contributed by atoms with E-state index in [1.165, 1.54) is 4.68 Å². The van der Waals surface area contributed by atoms with Crippen molar-refractivity contribution in [2.75, 3.05) is 6.54 Å². The monoisotopic (exact) mass is 313 g/mol. The summed E-state index contributed by atoms with van der Waals surface area (Å²) in [5.74, 6) is -0.235. The Morgan fingerprint density at radius 3 is 2.65 bits per heavy atom. The van der Waals surface area contributed by atoms with Gasteiger partial charge < -0.3 is 10.4 Å². The lowest BCUT2D eigenvalue weighted by molar-refractivity contribution is -0.122. The molecule has 0 aliphatic rings. The van der Waals surface area contributed by atoms with Crippen LogP contribution in [-0.4, -0.2) is 27.3 Å². The van der Waals surface area contributed by atoms with Gasteiger partial charge in [0.15, 0.2) is 0 Å². The van der Waals surface area contributed by atoms with Crippen LogP contribution in [0.25, 0.3) is 0 Å². The Balaban J connectivity index is 1.88. The second-order valence-corrected chi connectivity index (χ2v) is 5.10. The number of hydrogen-bond acceptors (Lipinski definition) is 3. The van der Waals surface area contributed by atoms with Crippen LogP contribution in [0.5, 0.6) is 0 Å². The van der Waals surface area contributed by atoms with Gasteiger partial charge in [-0.1, -0.05) is 23.2 Å². The minimum absolute atomic E-state index is 0.0801. The van der Waals surface area contributed by atoms with E-state index in [4.69, 9.17) is 23.2 Å². The minimum Gasteiger partial charge on any atom is -0.387 e. The number of aliphatic hydroxyl groups excluding tert-OH is 1. The SMILES string of the molecule is O=C(Cn1cccn1)NC[C@@H](O)c1cc(Cl)cc(Cl)c1. The zero-order valence-electron chi connectivity index (χ0n) is 10.5. The van der Waals surface area contributed by atoms with Crippen molar-refractivity contribution in [1.82, 2.24) is 15.1 Å². The van der Waals surface area contributed by atoms with E-state index in [0.717, 1.165) is 0 Å². The van der Waals surface area contributed by atoms with Crippen molar-refractivity contribution in [2.24, 2.45) is 0 Å². The Hall–Kier alpha value is -1.56. The number of amides is 1. The highest BCUT2D eigenvalue weighted by atomic mass is 35.5. The molecule has 0 radical (unpaired) electrons. The van der Waals surface area contributed by atoms with Crippen molar-refractivity contribution in [1.29, 1.82) is 0 Å². The zero-order valence-corrected chi connectivity index (χ0v) is 12.0. The molecule has 0 fully saturated rings. The summed E-state index contributed by atoms with van der Waals surface area (Å²) in [6.07, 6.45) is 2.41. The molecule has 106 valence electrons. The first kappa shape index (κ1) is 14.8. The molecule has 2 rings (SSSR count). The summed E-state index contributed by atoms with van der Waals surface area (Å²) < 4.78 is 1.50. The standard InChI is InChI=1S/C13H13Cl2N3O2/c14-10-4-9(5-11(15)6-10)12(19)7-16-13(20)8-18-3-1-2-17-18/h1-6,12,19H,7-8H2,(H,16,20)/t12-/m1/s1. The predicted octanol–water partition coefficient (Wildman–Crippen LogP) is 2.04. The Morgan fingerprint density at radius 1 is 1.35 bits per heavy atom. The summed E-state index contributed by atoms with van der Waals surface area (Å²) in [6, 6.07) is 6.53. The second kappa shape index (κ2) is 6.74. The highest BCUT2D eigenvalue weighted by molar-refractivity contribution is 6.34. The first-order chi connectivity index (χ1) is 9.54. The van der Waals surface area contributed by atoms with Crippen LogP contribution in [0.3, 0.4) is 0 Å². The summed E-state index contributed by atoms with van der Waals surface area (Å²) in [5.41, 5.74) is 0.557. The van der Waals surface area contributed by atoms with Crippen LogP contribution in [0.4, 0.5) is 0 Å². The molecule has 0 bridgehead atoms. The third-order valence-corrected chi connectivity index (χ3v) is 3.06. The van der Waals surface area contributed by atoms with Gasteiger partial charge in [-0.3, -0.25) is 9.48 Å². The third kappa shape index (κ3) is 4.23. The number of carbonyl (C=O) groups is 1. The normalized spacial score (nSPS) is 12.2. The maximum absolute atomic E-state index is 11.6. The number of carbonyl (C=O) groups excluding carboxylic acids is 1. The molecule has 0 saturated heterocycles. The Kier molecular flexibility index (Phi) is 5.00. The van der Waals surface area contributed by atoms with E-state index in [-0.39, 0.29) is 19.0 Å². The van der Waals surface area contributed by atoms with E-state index in [0.29, 0.717) is 15.6 Å². The van der Waals surface area contributed by atoms with Gasteiger partial charge in [-0.15, -0.1) is 0 Å². The molecule has 1 amide bonds. The van der Waals surface area contributed by atoms with Crippen molar-refractivity contribution in [3.05, 3.63) is 52.3 Å². The predicted molar refractivity (Wildman–Crippen MR) is 76.7 cm³/mol. The molecule has 0 saturated carbocycles. The van der Waals surface area contributed by atoms with Crippen molar-refractivity contribution in [3.8, 4) is 0 Å². The molecule has 1 aromatic carbocycles. The summed E-state index contributed by atoms with van der Waals surface area (Å²) in [5, 5.41) is 17.4. The van der Waals surface area contributed by atoms with Gasteiger partial charge >= 0.3 is 0 Å². The van der Waals surface area contributed by atoms with Gasteiger partial charge in [0.1, 0.15) is 6.54 Å². The highest BCUT2D eigenvalue weighted by Gasteiger charge is 2.11. The van der Waals surface area contributed by atoms with Gasteiger partial charge in [0.25, 0.3) is 0 Å². The summed E-state index contributed by atoms with van der Waals surface area (Å²) in [6.45, 7) is 0.187. The number of benzene rings is 1. The minimum atomic E-state index is -0.868. The maximum atomic E-state index is 11.6. The fourth-order valence-electron chi connectivity index (χ4n) is 1.69. The topological polar surface area (TPSA) is 67.2 Å².